The number of aliphatic imine (C=N–C) groups is 2. The number of nitrogens with zero attached hydrogens (tertiary/aromatic N) is 3. The molecule has 0 saturated heterocycles. The lowest BCUT2D eigenvalue weighted by molar-refractivity contribution is 0.345. The maximum Gasteiger partial charge on any atom is 0.205 e. The van der Waals surface area contributed by atoms with Crippen LogP contribution in [0.1, 0.15) is 5.56 Å². The summed E-state index contributed by atoms with van der Waals surface area (Å²) in [5.41, 5.74) is 11.8. The largest absolute Gasteiger partial charge is 0.384 e. The van der Waals surface area contributed by atoms with E-state index in [1.54, 1.807) is 12.1 Å². The number of alkyl halides is 1. The zero-order valence-electron chi connectivity index (χ0n) is 14.6. The summed E-state index contributed by atoms with van der Waals surface area (Å²) in [7, 11) is 0. The predicted molar refractivity (Wildman–Crippen MR) is 113 cm³/mol. The van der Waals surface area contributed by atoms with Gasteiger partial charge in [0.25, 0.3) is 0 Å². The summed E-state index contributed by atoms with van der Waals surface area (Å²) in [4.78, 5) is 12.4. The van der Waals surface area contributed by atoms with Crippen LogP contribution in [-0.4, -0.2) is 29.0 Å². The zero-order chi connectivity index (χ0) is 19.9. The van der Waals surface area contributed by atoms with E-state index in [2.05, 4.69) is 9.98 Å². The molecule has 2 unspecified atom stereocenters. The third-order valence-corrected chi connectivity index (χ3v) is 5.22. The van der Waals surface area contributed by atoms with Crippen molar-refractivity contribution in [3.63, 3.8) is 0 Å². The van der Waals surface area contributed by atoms with Crippen LogP contribution in [0, 0.1) is 0 Å². The number of fused-ring (bicyclic) bond motifs is 1. The molecular formula is C20H16Cl2FN5. The fourth-order valence-electron chi connectivity index (χ4n) is 3.18. The van der Waals surface area contributed by atoms with E-state index < -0.39 is 12.0 Å². The Bertz CT molecular complexity index is 1130. The number of pyridine rings is 1. The Hall–Kier alpha value is -2.54. The molecule has 2 heterocycles. The van der Waals surface area contributed by atoms with Crippen LogP contribution >= 0.6 is 23.2 Å². The van der Waals surface area contributed by atoms with Gasteiger partial charge >= 0.3 is 0 Å². The molecule has 0 radical (unpaired) electrons. The van der Waals surface area contributed by atoms with Gasteiger partial charge in [0.1, 0.15) is 5.84 Å². The van der Waals surface area contributed by atoms with Gasteiger partial charge in [-0.15, -0.1) is 0 Å². The molecule has 3 aromatic rings. The van der Waals surface area contributed by atoms with E-state index in [0.717, 1.165) is 11.6 Å². The minimum absolute atomic E-state index is 0.117. The minimum atomic E-state index is -2.07. The Morgan fingerprint density at radius 1 is 1.07 bits per heavy atom. The highest BCUT2D eigenvalue weighted by Crippen LogP contribution is 2.35. The fourth-order valence-corrected chi connectivity index (χ4v) is 3.63. The Kier molecular flexibility index (Phi) is 4.79. The van der Waals surface area contributed by atoms with E-state index in [1.165, 1.54) is 0 Å². The Labute approximate surface area is 170 Å². The summed E-state index contributed by atoms with van der Waals surface area (Å²) < 4.78 is 15.6. The van der Waals surface area contributed by atoms with Crippen molar-refractivity contribution in [3.8, 4) is 11.3 Å². The van der Waals surface area contributed by atoms with E-state index in [0.29, 0.717) is 32.4 Å². The SMILES string of the molecule is NC1=NC(N)N=CC1(F)Cc1cc2cccc(Cl)c2nc1-c1ccccc1Cl. The van der Waals surface area contributed by atoms with Crippen molar-refractivity contribution in [3.05, 3.63) is 64.1 Å². The number of aromatic nitrogens is 1. The number of para-hydroxylation sites is 1. The number of rotatable bonds is 3. The molecule has 0 amide bonds. The average Bonchev–Trinajstić information content (AvgIpc) is 2.66. The van der Waals surface area contributed by atoms with Crippen LogP contribution in [-0.2, 0) is 6.42 Å². The minimum Gasteiger partial charge on any atom is -0.384 e. The molecule has 2 atom stereocenters. The first-order valence-electron chi connectivity index (χ1n) is 8.53. The average molecular weight is 416 g/mol. The molecule has 0 fully saturated rings. The van der Waals surface area contributed by atoms with Crippen LogP contribution in [0.25, 0.3) is 22.2 Å². The highest BCUT2D eigenvalue weighted by molar-refractivity contribution is 6.35. The normalized spacial score (nSPS) is 21.7. The van der Waals surface area contributed by atoms with Gasteiger partial charge in [0.2, 0.25) is 5.67 Å². The third-order valence-electron chi connectivity index (χ3n) is 4.58. The van der Waals surface area contributed by atoms with Crippen LogP contribution in [0.4, 0.5) is 4.39 Å². The van der Waals surface area contributed by atoms with Crippen LogP contribution in [0.15, 0.2) is 58.5 Å². The van der Waals surface area contributed by atoms with E-state index >= 15 is 4.39 Å². The quantitative estimate of drug-likeness (QED) is 0.673. The lowest BCUT2D eigenvalue weighted by Gasteiger charge is -2.26. The molecule has 28 heavy (non-hydrogen) atoms. The van der Waals surface area contributed by atoms with Crippen molar-refractivity contribution in [2.75, 3.05) is 0 Å². The first-order valence-corrected chi connectivity index (χ1v) is 9.28. The van der Waals surface area contributed by atoms with Crippen molar-refractivity contribution in [2.24, 2.45) is 21.5 Å². The first-order chi connectivity index (χ1) is 13.4. The van der Waals surface area contributed by atoms with E-state index in [-0.39, 0.29) is 12.3 Å². The van der Waals surface area contributed by atoms with Crippen LogP contribution in [0.5, 0.6) is 0 Å². The molecule has 8 heteroatoms. The molecule has 1 aromatic heterocycles. The van der Waals surface area contributed by atoms with Gasteiger partial charge in [-0.2, -0.15) is 0 Å². The topological polar surface area (TPSA) is 89.6 Å². The van der Waals surface area contributed by atoms with Gasteiger partial charge in [-0.3, -0.25) is 10.7 Å². The predicted octanol–water partition coefficient (Wildman–Crippen LogP) is 4.14. The summed E-state index contributed by atoms with van der Waals surface area (Å²) >= 11 is 12.7. The molecule has 0 saturated carbocycles. The van der Waals surface area contributed by atoms with Crippen LogP contribution in [0.3, 0.4) is 0 Å². The second-order valence-corrected chi connectivity index (χ2v) is 7.35. The van der Waals surface area contributed by atoms with Crippen LogP contribution in [0.2, 0.25) is 10.0 Å². The van der Waals surface area contributed by atoms with Gasteiger partial charge in [-0.25, -0.2) is 14.4 Å². The molecule has 0 spiro atoms. The summed E-state index contributed by atoms with van der Waals surface area (Å²) in [6.07, 6.45) is 0.105. The van der Waals surface area contributed by atoms with Gasteiger partial charge in [0, 0.05) is 28.6 Å². The summed E-state index contributed by atoms with van der Waals surface area (Å²) in [6.45, 7) is 0. The fraction of sp³-hybridized carbons (Fsp3) is 0.150. The van der Waals surface area contributed by atoms with Gasteiger partial charge < -0.3 is 5.73 Å². The van der Waals surface area contributed by atoms with Crippen LogP contribution < -0.4 is 11.5 Å². The van der Waals surface area contributed by atoms with Crippen molar-refractivity contribution < 1.29 is 4.39 Å². The molecule has 1 aliphatic rings. The standard InChI is InChI=1S/C20H16Cl2FN5/c21-14-6-2-1-5-13(14)16-12(8-11-4-3-7-15(22)17(11)27-16)9-20(23)10-26-19(25)28-18(20)24/h1-8,10,19H,9,25H2,(H2,24,28). The molecule has 2 aromatic carbocycles. The lowest BCUT2D eigenvalue weighted by Crippen LogP contribution is -2.47. The molecule has 0 aliphatic carbocycles. The Morgan fingerprint density at radius 2 is 1.82 bits per heavy atom. The Morgan fingerprint density at radius 3 is 2.57 bits per heavy atom. The van der Waals surface area contributed by atoms with E-state index in [9.17, 15) is 0 Å². The summed E-state index contributed by atoms with van der Waals surface area (Å²) in [6, 6.07) is 14.5. The number of hydrogen-bond donors (Lipinski definition) is 2. The molecule has 0 bridgehead atoms. The molecule has 4 N–H and O–H groups in total. The third kappa shape index (κ3) is 3.35. The van der Waals surface area contributed by atoms with E-state index in [1.807, 2.05) is 36.4 Å². The highest BCUT2D eigenvalue weighted by Gasteiger charge is 2.37. The van der Waals surface area contributed by atoms with Gasteiger partial charge in [-0.05, 0) is 23.8 Å². The maximum atomic E-state index is 15.6. The first kappa shape index (κ1) is 18.8. The Balaban J connectivity index is 1.92. The summed E-state index contributed by atoms with van der Waals surface area (Å²) in [5, 5.41) is 1.77. The van der Waals surface area contributed by atoms with Crippen molar-refractivity contribution in [2.45, 2.75) is 18.4 Å². The zero-order valence-corrected chi connectivity index (χ0v) is 16.1. The number of hydrogen-bond acceptors (Lipinski definition) is 5. The number of nitrogens with two attached hydrogens (primary N) is 2. The lowest BCUT2D eigenvalue weighted by atomic mass is 9.91. The second kappa shape index (κ2) is 7.13. The van der Waals surface area contributed by atoms with Gasteiger partial charge in [0.15, 0.2) is 6.29 Å². The van der Waals surface area contributed by atoms with Gasteiger partial charge in [-0.1, -0.05) is 53.5 Å². The molecule has 5 nitrogen and oxygen atoms in total. The van der Waals surface area contributed by atoms with Crippen molar-refractivity contribution in [1.82, 2.24) is 4.98 Å². The van der Waals surface area contributed by atoms with Crippen molar-refractivity contribution in [1.29, 1.82) is 0 Å². The highest BCUT2D eigenvalue weighted by atomic mass is 35.5. The smallest absolute Gasteiger partial charge is 0.205 e. The monoisotopic (exact) mass is 415 g/mol. The maximum absolute atomic E-state index is 15.6. The molecular weight excluding hydrogens is 400 g/mol. The number of benzene rings is 2. The number of amidine groups is 1. The molecule has 1 aliphatic heterocycles. The number of halogens is 3. The van der Waals surface area contributed by atoms with Crippen molar-refractivity contribution >= 4 is 46.2 Å². The molecule has 142 valence electrons. The second-order valence-electron chi connectivity index (χ2n) is 6.53. The summed E-state index contributed by atoms with van der Waals surface area (Å²) in [5.74, 6) is -0.216. The van der Waals surface area contributed by atoms with Gasteiger partial charge in [0.05, 0.1) is 16.2 Å². The molecule has 4 rings (SSSR count). The van der Waals surface area contributed by atoms with E-state index in [4.69, 9.17) is 39.7 Å².